The molecule has 3 nitrogen and oxygen atoms in total. The second-order valence-electron chi connectivity index (χ2n) is 5.36. The number of halogens is 1. The van der Waals surface area contributed by atoms with Gasteiger partial charge in [0, 0.05) is 16.3 Å². The van der Waals surface area contributed by atoms with Gasteiger partial charge in [0.1, 0.15) is 0 Å². The summed E-state index contributed by atoms with van der Waals surface area (Å²) in [5.41, 5.74) is 3.46. The topological polar surface area (TPSA) is 39.2 Å². The highest BCUT2D eigenvalue weighted by Crippen LogP contribution is 2.43. The van der Waals surface area contributed by atoms with Crippen LogP contribution in [0.15, 0.2) is 18.2 Å². The maximum atomic E-state index is 12.4. The van der Waals surface area contributed by atoms with Crippen molar-refractivity contribution in [2.24, 2.45) is 0 Å². The van der Waals surface area contributed by atoms with Crippen molar-refractivity contribution in [2.75, 3.05) is 6.61 Å². The van der Waals surface area contributed by atoms with E-state index in [0.29, 0.717) is 23.1 Å². The number of esters is 1. The van der Waals surface area contributed by atoms with E-state index in [-0.39, 0.29) is 5.97 Å². The Morgan fingerprint density at radius 1 is 1.38 bits per heavy atom. The highest BCUT2D eigenvalue weighted by molar-refractivity contribution is 6.31. The molecule has 1 aliphatic carbocycles. The van der Waals surface area contributed by atoms with Gasteiger partial charge < -0.3 is 4.74 Å². The standard InChI is InChI=1S/C17H18ClNO2/c1-3-12-13-8-7-11(18)9-14(13)19-16(10-5-6-10)15(12)17(20)21-4-2/h7-10H,3-6H2,1-2H3. The van der Waals surface area contributed by atoms with E-state index in [0.717, 1.165) is 41.4 Å². The number of carbonyl (C=O) groups is 1. The molecular weight excluding hydrogens is 286 g/mol. The zero-order valence-electron chi connectivity index (χ0n) is 12.3. The first-order valence-corrected chi connectivity index (χ1v) is 7.82. The molecule has 0 aliphatic heterocycles. The van der Waals surface area contributed by atoms with Crippen molar-refractivity contribution in [3.8, 4) is 0 Å². The molecule has 21 heavy (non-hydrogen) atoms. The van der Waals surface area contributed by atoms with Crippen molar-refractivity contribution in [1.82, 2.24) is 4.98 Å². The van der Waals surface area contributed by atoms with Crippen molar-refractivity contribution in [3.63, 3.8) is 0 Å². The molecule has 3 rings (SSSR count). The number of ether oxygens (including phenoxy) is 1. The van der Waals surface area contributed by atoms with Crippen LogP contribution in [0.2, 0.25) is 5.02 Å². The Kier molecular flexibility index (Phi) is 3.85. The second kappa shape index (κ2) is 5.64. The molecule has 0 unspecified atom stereocenters. The lowest BCUT2D eigenvalue weighted by atomic mass is 9.96. The minimum Gasteiger partial charge on any atom is -0.462 e. The Balaban J connectivity index is 2.28. The van der Waals surface area contributed by atoms with Crippen LogP contribution in [0.1, 0.15) is 54.2 Å². The maximum absolute atomic E-state index is 12.4. The number of hydrogen-bond acceptors (Lipinski definition) is 3. The van der Waals surface area contributed by atoms with Crippen LogP contribution in [0, 0.1) is 0 Å². The summed E-state index contributed by atoms with van der Waals surface area (Å²) >= 11 is 6.08. The summed E-state index contributed by atoms with van der Waals surface area (Å²) in [4.78, 5) is 17.1. The van der Waals surface area contributed by atoms with Crippen LogP contribution in [-0.4, -0.2) is 17.6 Å². The fourth-order valence-electron chi connectivity index (χ4n) is 2.78. The Labute approximate surface area is 129 Å². The number of benzene rings is 1. The monoisotopic (exact) mass is 303 g/mol. The van der Waals surface area contributed by atoms with E-state index in [1.54, 1.807) is 0 Å². The Morgan fingerprint density at radius 3 is 2.76 bits per heavy atom. The molecule has 1 aromatic carbocycles. The van der Waals surface area contributed by atoms with Crippen LogP contribution in [-0.2, 0) is 11.2 Å². The van der Waals surface area contributed by atoms with Crippen molar-refractivity contribution < 1.29 is 9.53 Å². The molecule has 1 aromatic heterocycles. The normalized spacial score (nSPS) is 14.4. The summed E-state index contributed by atoms with van der Waals surface area (Å²) in [6.07, 6.45) is 2.96. The predicted octanol–water partition coefficient (Wildman–Crippen LogP) is 4.50. The number of aromatic nitrogens is 1. The lowest BCUT2D eigenvalue weighted by molar-refractivity contribution is 0.0523. The van der Waals surface area contributed by atoms with Crippen LogP contribution < -0.4 is 0 Å². The minimum atomic E-state index is -0.249. The van der Waals surface area contributed by atoms with Crippen molar-refractivity contribution in [1.29, 1.82) is 0 Å². The van der Waals surface area contributed by atoms with Crippen molar-refractivity contribution >= 4 is 28.5 Å². The SMILES string of the molecule is CCOC(=O)c1c(C2CC2)nc2cc(Cl)ccc2c1CC. The number of aryl methyl sites for hydroxylation is 1. The zero-order valence-corrected chi connectivity index (χ0v) is 13.0. The average Bonchev–Trinajstić information content (AvgIpc) is 3.29. The first kappa shape index (κ1) is 14.3. The lowest BCUT2D eigenvalue weighted by Crippen LogP contribution is -2.13. The summed E-state index contributed by atoms with van der Waals surface area (Å²) < 4.78 is 5.26. The number of nitrogens with zero attached hydrogens (tertiary/aromatic N) is 1. The summed E-state index contributed by atoms with van der Waals surface area (Å²) in [7, 11) is 0. The molecule has 1 saturated carbocycles. The molecular formula is C17H18ClNO2. The molecule has 110 valence electrons. The van der Waals surface area contributed by atoms with Gasteiger partial charge >= 0.3 is 5.97 Å². The number of pyridine rings is 1. The maximum Gasteiger partial charge on any atom is 0.340 e. The summed E-state index contributed by atoms with van der Waals surface area (Å²) in [6, 6.07) is 5.66. The molecule has 1 heterocycles. The van der Waals surface area contributed by atoms with Crippen LogP contribution >= 0.6 is 11.6 Å². The average molecular weight is 304 g/mol. The smallest absolute Gasteiger partial charge is 0.340 e. The highest BCUT2D eigenvalue weighted by Gasteiger charge is 2.32. The Morgan fingerprint density at radius 2 is 2.14 bits per heavy atom. The molecule has 2 aromatic rings. The minimum absolute atomic E-state index is 0.249. The molecule has 4 heteroatoms. The van der Waals surface area contributed by atoms with Gasteiger partial charge in [-0.3, -0.25) is 4.98 Å². The van der Waals surface area contributed by atoms with Gasteiger partial charge in [0.05, 0.1) is 23.4 Å². The van der Waals surface area contributed by atoms with E-state index < -0.39 is 0 Å². The number of fused-ring (bicyclic) bond motifs is 1. The molecule has 0 radical (unpaired) electrons. The molecule has 0 bridgehead atoms. The largest absolute Gasteiger partial charge is 0.462 e. The molecule has 1 fully saturated rings. The third kappa shape index (κ3) is 2.62. The van der Waals surface area contributed by atoms with Gasteiger partial charge in [0.25, 0.3) is 0 Å². The molecule has 0 amide bonds. The number of hydrogen-bond donors (Lipinski definition) is 0. The summed E-state index contributed by atoms with van der Waals surface area (Å²) in [6.45, 7) is 4.27. The van der Waals surface area contributed by atoms with E-state index in [1.165, 1.54) is 0 Å². The Bertz CT molecular complexity index is 707. The molecule has 0 saturated heterocycles. The quantitative estimate of drug-likeness (QED) is 0.780. The van der Waals surface area contributed by atoms with Gasteiger partial charge in [0.2, 0.25) is 0 Å². The van der Waals surface area contributed by atoms with Crippen molar-refractivity contribution in [3.05, 3.63) is 40.0 Å². The molecule has 0 atom stereocenters. The lowest BCUT2D eigenvalue weighted by Gasteiger charge is -2.15. The number of carbonyl (C=O) groups excluding carboxylic acids is 1. The third-order valence-corrected chi connectivity index (χ3v) is 4.12. The van der Waals surface area contributed by atoms with E-state index >= 15 is 0 Å². The van der Waals surface area contributed by atoms with E-state index in [2.05, 4.69) is 6.92 Å². The fourth-order valence-corrected chi connectivity index (χ4v) is 2.94. The van der Waals surface area contributed by atoms with Gasteiger partial charge in [-0.25, -0.2) is 4.79 Å². The summed E-state index contributed by atoms with van der Waals surface area (Å²) in [5.74, 6) is 0.138. The zero-order chi connectivity index (χ0) is 15.0. The Hall–Kier alpha value is -1.61. The van der Waals surface area contributed by atoms with Crippen LogP contribution in [0.25, 0.3) is 10.9 Å². The van der Waals surface area contributed by atoms with E-state index in [9.17, 15) is 4.79 Å². The molecule has 0 N–H and O–H groups in total. The van der Waals surface area contributed by atoms with Crippen molar-refractivity contribution in [2.45, 2.75) is 39.0 Å². The van der Waals surface area contributed by atoms with Gasteiger partial charge in [-0.1, -0.05) is 24.6 Å². The highest BCUT2D eigenvalue weighted by atomic mass is 35.5. The van der Waals surface area contributed by atoms with Gasteiger partial charge in [-0.2, -0.15) is 0 Å². The van der Waals surface area contributed by atoms with E-state index in [1.807, 2.05) is 25.1 Å². The van der Waals surface area contributed by atoms with Crippen LogP contribution in [0.5, 0.6) is 0 Å². The van der Waals surface area contributed by atoms with Crippen LogP contribution in [0.4, 0.5) is 0 Å². The van der Waals surface area contributed by atoms with Crippen LogP contribution in [0.3, 0.4) is 0 Å². The third-order valence-electron chi connectivity index (χ3n) is 3.88. The van der Waals surface area contributed by atoms with Gasteiger partial charge in [-0.05, 0) is 43.9 Å². The molecule has 0 spiro atoms. The second-order valence-corrected chi connectivity index (χ2v) is 5.80. The first-order chi connectivity index (χ1) is 10.2. The first-order valence-electron chi connectivity index (χ1n) is 7.44. The fraction of sp³-hybridized carbons (Fsp3) is 0.412. The predicted molar refractivity (Wildman–Crippen MR) is 84.1 cm³/mol. The number of rotatable bonds is 4. The van der Waals surface area contributed by atoms with Gasteiger partial charge in [0.15, 0.2) is 0 Å². The summed E-state index contributed by atoms with van der Waals surface area (Å²) in [5, 5.41) is 1.66. The van der Waals surface area contributed by atoms with E-state index in [4.69, 9.17) is 21.3 Å². The molecule has 1 aliphatic rings. The van der Waals surface area contributed by atoms with Gasteiger partial charge in [-0.15, -0.1) is 0 Å².